The number of hydrogen-bond donors (Lipinski definition) is 2. The molecule has 2 aromatic carbocycles. The summed E-state index contributed by atoms with van der Waals surface area (Å²) in [4.78, 5) is 12.3. The summed E-state index contributed by atoms with van der Waals surface area (Å²) in [6.45, 7) is 4.27. The molecule has 0 radical (unpaired) electrons. The highest BCUT2D eigenvalue weighted by Crippen LogP contribution is 2.27. The van der Waals surface area contributed by atoms with E-state index < -0.39 is 5.91 Å². The molecule has 1 amide bonds. The first-order valence-corrected chi connectivity index (χ1v) is 8.38. The average molecular weight is 350 g/mol. The highest BCUT2D eigenvalue weighted by molar-refractivity contribution is 6.09. The predicted octanol–water partition coefficient (Wildman–Crippen LogP) is 4.46. The number of nitriles is 1. The van der Waals surface area contributed by atoms with Crippen molar-refractivity contribution in [1.29, 1.82) is 5.26 Å². The summed E-state index contributed by atoms with van der Waals surface area (Å²) in [6.07, 6.45) is 2.46. The van der Waals surface area contributed by atoms with Gasteiger partial charge in [-0.15, -0.1) is 0 Å². The Kier molecular flexibility index (Phi) is 6.40. The Hall–Kier alpha value is -3.26. The van der Waals surface area contributed by atoms with Gasteiger partial charge in [-0.3, -0.25) is 4.79 Å². The fourth-order valence-electron chi connectivity index (χ4n) is 2.44. The predicted molar refractivity (Wildman–Crippen MR) is 102 cm³/mol. The molecule has 5 nitrogen and oxygen atoms in total. The van der Waals surface area contributed by atoms with Gasteiger partial charge in [0.05, 0.1) is 7.11 Å². The largest absolute Gasteiger partial charge is 0.504 e. The second kappa shape index (κ2) is 8.72. The zero-order valence-electron chi connectivity index (χ0n) is 15.1. The number of phenols is 1. The first kappa shape index (κ1) is 19.1. The van der Waals surface area contributed by atoms with Crippen molar-refractivity contribution in [2.24, 2.45) is 0 Å². The van der Waals surface area contributed by atoms with Crippen LogP contribution in [0, 0.1) is 11.3 Å². The van der Waals surface area contributed by atoms with Gasteiger partial charge in [0.15, 0.2) is 11.5 Å². The number of nitrogens with one attached hydrogen (secondary N) is 1. The smallest absolute Gasteiger partial charge is 0.266 e. The van der Waals surface area contributed by atoms with Gasteiger partial charge in [0, 0.05) is 5.69 Å². The number of anilines is 1. The maximum absolute atomic E-state index is 12.3. The summed E-state index contributed by atoms with van der Waals surface area (Å²) in [5, 5.41) is 21.8. The van der Waals surface area contributed by atoms with Crippen LogP contribution in [0.5, 0.6) is 11.5 Å². The van der Waals surface area contributed by atoms with Gasteiger partial charge in [-0.2, -0.15) is 5.26 Å². The lowest BCUT2D eigenvalue weighted by molar-refractivity contribution is -0.112. The van der Waals surface area contributed by atoms with E-state index in [1.165, 1.54) is 24.8 Å². The molecule has 0 aliphatic carbocycles. The number of nitrogens with zero attached hydrogens (tertiary/aromatic N) is 1. The van der Waals surface area contributed by atoms with E-state index >= 15 is 0 Å². The van der Waals surface area contributed by atoms with E-state index in [-0.39, 0.29) is 11.3 Å². The van der Waals surface area contributed by atoms with Crippen LogP contribution in [0.4, 0.5) is 5.69 Å². The van der Waals surface area contributed by atoms with Gasteiger partial charge in [0.1, 0.15) is 11.6 Å². The molecular weight excluding hydrogens is 328 g/mol. The number of amides is 1. The number of aromatic hydroxyl groups is 1. The molecule has 0 heterocycles. The third kappa shape index (κ3) is 4.64. The van der Waals surface area contributed by atoms with E-state index in [0.29, 0.717) is 22.9 Å². The normalized spacial score (nSPS) is 12.2. The summed E-state index contributed by atoms with van der Waals surface area (Å²) in [5.41, 5.74) is 2.30. The molecule has 0 saturated carbocycles. The van der Waals surface area contributed by atoms with Crippen molar-refractivity contribution in [3.05, 3.63) is 59.2 Å². The zero-order valence-corrected chi connectivity index (χ0v) is 15.1. The van der Waals surface area contributed by atoms with Crippen molar-refractivity contribution in [2.75, 3.05) is 12.4 Å². The zero-order chi connectivity index (χ0) is 19.1. The molecule has 2 N–H and O–H groups in total. The molecular formula is C21H22N2O3. The second-order valence-corrected chi connectivity index (χ2v) is 5.99. The van der Waals surface area contributed by atoms with Gasteiger partial charge in [0.25, 0.3) is 5.91 Å². The van der Waals surface area contributed by atoms with Crippen molar-refractivity contribution in [2.45, 2.75) is 26.2 Å². The van der Waals surface area contributed by atoms with E-state index in [9.17, 15) is 15.2 Å². The first-order valence-electron chi connectivity index (χ1n) is 8.38. The van der Waals surface area contributed by atoms with Crippen LogP contribution in [0.15, 0.2) is 48.0 Å². The average Bonchev–Trinajstić information content (AvgIpc) is 2.66. The number of methoxy groups -OCH3 is 1. The third-order valence-corrected chi connectivity index (χ3v) is 4.23. The van der Waals surface area contributed by atoms with Crippen molar-refractivity contribution < 1.29 is 14.6 Å². The van der Waals surface area contributed by atoms with Crippen molar-refractivity contribution in [3.63, 3.8) is 0 Å². The van der Waals surface area contributed by atoms with E-state index in [2.05, 4.69) is 19.2 Å². The van der Waals surface area contributed by atoms with Crippen molar-refractivity contribution in [1.82, 2.24) is 0 Å². The molecule has 0 bridgehead atoms. The Morgan fingerprint density at radius 3 is 2.54 bits per heavy atom. The lowest BCUT2D eigenvalue weighted by atomic mass is 9.98. The van der Waals surface area contributed by atoms with Gasteiger partial charge >= 0.3 is 0 Å². The maximum atomic E-state index is 12.3. The summed E-state index contributed by atoms with van der Waals surface area (Å²) >= 11 is 0. The van der Waals surface area contributed by atoms with E-state index in [1.54, 1.807) is 12.1 Å². The maximum Gasteiger partial charge on any atom is 0.266 e. The van der Waals surface area contributed by atoms with Crippen molar-refractivity contribution in [3.8, 4) is 17.6 Å². The lowest BCUT2D eigenvalue weighted by Crippen LogP contribution is -2.13. The molecule has 0 aliphatic rings. The number of hydrogen-bond acceptors (Lipinski definition) is 4. The Bertz CT molecular complexity index is 849. The monoisotopic (exact) mass is 350 g/mol. The van der Waals surface area contributed by atoms with Gasteiger partial charge in [-0.25, -0.2) is 0 Å². The minimum atomic E-state index is -0.501. The number of ether oxygens (including phenoxy) is 1. The minimum absolute atomic E-state index is 0.0550. The van der Waals surface area contributed by atoms with Gasteiger partial charge < -0.3 is 15.2 Å². The molecule has 26 heavy (non-hydrogen) atoms. The number of benzene rings is 2. The number of carbonyl (C=O) groups excluding carboxylic acids is 1. The van der Waals surface area contributed by atoms with Crippen LogP contribution in [0.3, 0.4) is 0 Å². The Labute approximate surface area is 153 Å². The van der Waals surface area contributed by atoms with E-state index in [4.69, 9.17) is 4.74 Å². The number of phenolic OH excluding ortho intramolecular Hbond substituents is 1. The second-order valence-electron chi connectivity index (χ2n) is 5.99. The first-order chi connectivity index (χ1) is 12.5. The van der Waals surface area contributed by atoms with Crippen molar-refractivity contribution >= 4 is 17.7 Å². The standard InChI is InChI=1S/C21H22N2O3/c1-4-14(2)16-6-8-18(9-7-16)23-21(25)17(13-22)11-15-5-10-20(26-3)19(24)12-15/h5-12,14,24H,4H2,1-3H3,(H,23,25)/b17-11+/t14-/m0/s1. The summed E-state index contributed by atoms with van der Waals surface area (Å²) in [5.74, 6) is 0.224. The molecule has 0 aliphatic heterocycles. The summed E-state index contributed by atoms with van der Waals surface area (Å²) in [6, 6.07) is 14.2. The van der Waals surface area contributed by atoms with Gasteiger partial charge in [0.2, 0.25) is 0 Å². The lowest BCUT2D eigenvalue weighted by Gasteiger charge is -2.10. The third-order valence-electron chi connectivity index (χ3n) is 4.23. The van der Waals surface area contributed by atoms with Crippen LogP contribution in [0.25, 0.3) is 6.08 Å². The molecule has 134 valence electrons. The molecule has 0 saturated heterocycles. The fraction of sp³-hybridized carbons (Fsp3) is 0.238. The molecule has 1 atom stereocenters. The summed E-state index contributed by atoms with van der Waals surface area (Å²) in [7, 11) is 1.45. The van der Waals surface area contributed by atoms with E-state index in [1.807, 2.05) is 30.3 Å². The van der Waals surface area contributed by atoms with Crippen LogP contribution in [0.1, 0.15) is 37.3 Å². The molecule has 2 rings (SSSR count). The molecule has 0 fully saturated rings. The topological polar surface area (TPSA) is 82.4 Å². The van der Waals surface area contributed by atoms with Crippen LogP contribution in [0.2, 0.25) is 0 Å². The Balaban J connectivity index is 2.16. The SMILES string of the molecule is CC[C@H](C)c1ccc(NC(=O)/C(C#N)=C/c2ccc(OC)c(O)c2)cc1. The molecule has 2 aromatic rings. The fourth-order valence-corrected chi connectivity index (χ4v) is 2.44. The Morgan fingerprint density at radius 2 is 2.00 bits per heavy atom. The highest BCUT2D eigenvalue weighted by Gasteiger charge is 2.11. The van der Waals surface area contributed by atoms with E-state index in [0.717, 1.165) is 6.42 Å². The van der Waals surface area contributed by atoms with Crippen LogP contribution >= 0.6 is 0 Å². The molecule has 5 heteroatoms. The Morgan fingerprint density at radius 1 is 1.31 bits per heavy atom. The van der Waals surface area contributed by atoms with Crippen LogP contribution in [-0.4, -0.2) is 18.1 Å². The quantitative estimate of drug-likeness (QED) is 0.595. The molecule has 0 spiro atoms. The van der Waals surface area contributed by atoms with Gasteiger partial charge in [-0.05, 0) is 53.8 Å². The number of rotatable bonds is 6. The highest BCUT2D eigenvalue weighted by atomic mass is 16.5. The molecule has 0 aromatic heterocycles. The minimum Gasteiger partial charge on any atom is -0.504 e. The molecule has 0 unspecified atom stereocenters. The van der Waals surface area contributed by atoms with Crippen LogP contribution < -0.4 is 10.1 Å². The van der Waals surface area contributed by atoms with Gasteiger partial charge in [-0.1, -0.05) is 32.0 Å². The van der Waals surface area contributed by atoms with Crippen LogP contribution in [-0.2, 0) is 4.79 Å². The summed E-state index contributed by atoms with van der Waals surface area (Å²) < 4.78 is 4.98. The number of carbonyl (C=O) groups is 1.